The predicted molar refractivity (Wildman–Crippen MR) is 60.5 cm³/mol. The predicted octanol–water partition coefficient (Wildman–Crippen LogP) is 2.11. The second-order valence-corrected chi connectivity index (χ2v) is 3.71. The molecule has 2 aromatic rings. The average molecular weight is 253 g/mol. The Morgan fingerprint density at radius 3 is 2.76 bits per heavy atom. The van der Waals surface area contributed by atoms with Crippen LogP contribution in [-0.2, 0) is 16.0 Å². The number of carbonyl (C=O) groups is 1. The molecule has 0 atom stereocenters. The van der Waals surface area contributed by atoms with Gasteiger partial charge >= 0.3 is 5.97 Å². The van der Waals surface area contributed by atoms with Gasteiger partial charge in [0.05, 0.1) is 7.11 Å². The fourth-order valence-corrected chi connectivity index (χ4v) is 1.36. The Balaban J connectivity index is 2.18. The molecule has 17 heavy (non-hydrogen) atoms. The number of hydrogen-bond donors (Lipinski definition) is 0. The Morgan fingerprint density at radius 1 is 1.41 bits per heavy atom. The van der Waals surface area contributed by atoms with Crippen LogP contribution in [0.4, 0.5) is 0 Å². The minimum Gasteiger partial charge on any atom is -0.469 e. The maximum absolute atomic E-state index is 11.0. The van der Waals surface area contributed by atoms with Crippen LogP contribution in [0.25, 0.3) is 11.4 Å². The van der Waals surface area contributed by atoms with Crippen molar-refractivity contribution in [2.75, 3.05) is 7.11 Å². The molecule has 0 unspecified atom stereocenters. The average Bonchev–Trinajstić information content (AvgIpc) is 2.78. The van der Waals surface area contributed by atoms with Gasteiger partial charge in [-0.05, 0) is 24.3 Å². The van der Waals surface area contributed by atoms with Crippen LogP contribution < -0.4 is 0 Å². The molecule has 0 aliphatic carbocycles. The van der Waals surface area contributed by atoms with E-state index in [-0.39, 0.29) is 12.3 Å². The Morgan fingerprint density at radius 2 is 2.12 bits per heavy atom. The number of halogens is 1. The lowest BCUT2D eigenvalue weighted by atomic mass is 10.2. The molecule has 2 rings (SSSR count). The first-order chi connectivity index (χ1) is 8.19. The van der Waals surface area contributed by atoms with Crippen LogP contribution in [0.3, 0.4) is 0 Å². The molecule has 0 saturated heterocycles. The first-order valence-corrected chi connectivity index (χ1v) is 5.22. The van der Waals surface area contributed by atoms with E-state index >= 15 is 0 Å². The second-order valence-electron chi connectivity index (χ2n) is 3.27. The maximum Gasteiger partial charge on any atom is 0.315 e. The second kappa shape index (κ2) is 4.97. The van der Waals surface area contributed by atoms with Crippen molar-refractivity contribution in [3.63, 3.8) is 0 Å². The fourth-order valence-electron chi connectivity index (χ4n) is 1.24. The molecule has 0 bridgehead atoms. The van der Waals surface area contributed by atoms with Crippen LogP contribution in [0.15, 0.2) is 28.8 Å². The highest BCUT2D eigenvalue weighted by Gasteiger charge is 2.12. The molecular weight excluding hydrogens is 244 g/mol. The summed E-state index contributed by atoms with van der Waals surface area (Å²) in [4.78, 5) is 15.1. The van der Waals surface area contributed by atoms with Gasteiger partial charge in [-0.2, -0.15) is 4.98 Å². The summed E-state index contributed by atoms with van der Waals surface area (Å²) in [6, 6.07) is 7.00. The van der Waals surface area contributed by atoms with E-state index < -0.39 is 5.97 Å². The zero-order valence-electron chi connectivity index (χ0n) is 9.01. The number of nitrogens with zero attached hydrogens (tertiary/aromatic N) is 2. The third-order valence-corrected chi connectivity index (χ3v) is 2.35. The van der Waals surface area contributed by atoms with Crippen LogP contribution >= 0.6 is 11.6 Å². The van der Waals surface area contributed by atoms with Gasteiger partial charge < -0.3 is 9.26 Å². The maximum atomic E-state index is 11.0. The Bertz CT molecular complexity index is 522. The minimum absolute atomic E-state index is 0.0307. The third-order valence-electron chi connectivity index (χ3n) is 2.09. The van der Waals surface area contributed by atoms with Gasteiger partial charge in [-0.1, -0.05) is 16.8 Å². The minimum atomic E-state index is -0.420. The molecule has 0 saturated carbocycles. The van der Waals surface area contributed by atoms with Crippen molar-refractivity contribution in [2.24, 2.45) is 0 Å². The standard InChI is InChI=1S/C11H9ClN2O3/c1-16-10(15)6-9-13-11(14-17-9)7-2-4-8(12)5-3-7/h2-5H,6H2,1H3. The summed E-state index contributed by atoms with van der Waals surface area (Å²) in [6.07, 6.45) is -0.0307. The molecule has 88 valence electrons. The molecule has 0 N–H and O–H groups in total. The lowest BCUT2D eigenvalue weighted by molar-refractivity contribution is -0.140. The first kappa shape index (κ1) is 11.6. The van der Waals surface area contributed by atoms with Gasteiger partial charge in [0.2, 0.25) is 11.7 Å². The number of benzene rings is 1. The largest absolute Gasteiger partial charge is 0.469 e. The van der Waals surface area contributed by atoms with Crippen molar-refractivity contribution in [3.8, 4) is 11.4 Å². The normalized spacial score (nSPS) is 10.2. The van der Waals surface area contributed by atoms with Crippen LogP contribution in [-0.4, -0.2) is 23.2 Å². The summed E-state index contributed by atoms with van der Waals surface area (Å²) in [7, 11) is 1.30. The van der Waals surface area contributed by atoms with Gasteiger partial charge in [-0.15, -0.1) is 0 Å². The van der Waals surface area contributed by atoms with Crippen molar-refractivity contribution in [1.82, 2.24) is 10.1 Å². The van der Waals surface area contributed by atoms with E-state index in [0.717, 1.165) is 5.56 Å². The van der Waals surface area contributed by atoms with Gasteiger partial charge in [0.15, 0.2) is 0 Å². The molecule has 6 heteroatoms. The summed E-state index contributed by atoms with van der Waals surface area (Å²) in [5.41, 5.74) is 0.772. The molecule has 5 nitrogen and oxygen atoms in total. The van der Waals surface area contributed by atoms with Crippen LogP contribution in [0.1, 0.15) is 5.89 Å². The molecule has 0 spiro atoms. The highest BCUT2D eigenvalue weighted by Crippen LogP contribution is 2.18. The Kier molecular flexibility index (Phi) is 3.39. The van der Waals surface area contributed by atoms with Gasteiger partial charge in [0, 0.05) is 10.6 Å². The molecule has 1 heterocycles. The van der Waals surface area contributed by atoms with E-state index in [1.807, 2.05) is 0 Å². The summed E-state index contributed by atoms with van der Waals surface area (Å²) in [5.74, 6) is 0.221. The number of hydrogen-bond acceptors (Lipinski definition) is 5. The lowest BCUT2D eigenvalue weighted by Gasteiger charge is -1.93. The van der Waals surface area contributed by atoms with E-state index in [9.17, 15) is 4.79 Å². The van der Waals surface area contributed by atoms with Crippen molar-refractivity contribution in [3.05, 3.63) is 35.2 Å². The number of methoxy groups -OCH3 is 1. The van der Waals surface area contributed by atoms with E-state index in [2.05, 4.69) is 14.9 Å². The summed E-state index contributed by atoms with van der Waals surface area (Å²) >= 11 is 5.77. The van der Waals surface area contributed by atoms with Gasteiger partial charge in [-0.3, -0.25) is 4.79 Å². The molecule has 0 aliphatic heterocycles. The quantitative estimate of drug-likeness (QED) is 0.783. The molecule has 0 amide bonds. The van der Waals surface area contributed by atoms with E-state index in [1.54, 1.807) is 24.3 Å². The molecule has 1 aromatic heterocycles. The van der Waals surface area contributed by atoms with Crippen molar-refractivity contribution >= 4 is 17.6 Å². The Hall–Kier alpha value is -1.88. The molecule has 0 aliphatic rings. The van der Waals surface area contributed by atoms with Crippen molar-refractivity contribution in [2.45, 2.75) is 6.42 Å². The SMILES string of the molecule is COC(=O)Cc1nc(-c2ccc(Cl)cc2)no1. The highest BCUT2D eigenvalue weighted by molar-refractivity contribution is 6.30. The van der Waals surface area contributed by atoms with E-state index in [0.29, 0.717) is 10.8 Å². The number of esters is 1. The molecule has 0 radical (unpaired) electrons. The summed E-state index contributed by atoms with van der Waals surface area (Å²) < 4.78 is 9.43. The number of rotatable bonds is 3. The van der Waals surface area contributed by atoms with E-state index in [4.69, 9.17) is 16.1 Å². The first-order valence-electron chi connectivity index (χ1n) is 4.84. The monoisotopic (exact) mass is 252 g/mol. The van der Waals surface area contributed by atoms with Crippen LogP contribution in [0.2, 0.25) is 5.02 Å². The van der Waals surface area contributed by atoms with Gasteiger partial charge in [0.25, 0.3) is 0 Å². The summed E-state index contributed by atoms with van der Waals surface area (Å²) in [6.45, 7) is 0. The zero-order chi connectivity index (χ0) is 12.3. The van der Waals surface area contributed by atoms with Crippen LogP contribution in [0, 0.1) is 0 Å². The topological polar surface area (TPSA) is 65.2 Å². The lowest BCUT2D eigenvalue weighted by Crippen LogP contribution is -2.04. The number of ether oxygens (including phenoxy) is 1. The van der Waals surface area contributed by atoms with E-state index in [1.165, 1.54) is 7.11 Å². The van der Waals surface area contributed by atoms with Gasteiger partial charge in [0.1, 0.15) is 6.42 Å². The molecule has 1 aromatic carbocycles. The van der Waals surface area contributed by atoms with Crippen LogP contribution in [0.5, 0.6) is 0 Å². The zero-order valence-corrected chi connectivity index (χ0v) is 9.77. The van der Waals surface area contributed by atoms with Crippen molar-refractivity contribution in [1.29, 1.82) is 0 Å². The number of carbonyl (C=O) groups excluding carboxylic acids is 1. The third kappa shape index (κ3) is 2.82. The van der Waals surface area contributed by atoms with Crippen molar-refractivity contribution < 1.29 is 14.1 Å². The molecule has 0 fully saturated rings. The number of aromatic nitrogens is 2. The Labute approximate surface area is 102 Å². The van der Waals surface area contributed by atoms with Gasteiger partial charge in [-0.25, -0.2) is 0 Å². The summed E-state index contributed by atoms with van der Waals surface area (Å²) in [5, 5.41) is 4.40. The smallest absolute Gasteiger partial charge is 0.315 e. The molecular formula is C11H9ClN2O3. The highest BCUT2D eigenvalue weighted by atomic mass is 35.5. The fraction of sp³-hybridized carbons (Fsp3) is 0.182.